The van der Waals surface area contributed by atoms with Crippen molar-refractivity contribution in [3.63, 3.8) is 0 Å². The molecule has 0 unspecified atom stereocenters. The number of hydrogen-bond donors (Lipinski definition) is 1. The number of anilines is 2. The average molecular weight is 639 g/mol. The predicted octanol–water partition coefficient (Wildman–Crippen LogP) is 4.95. The lowest BCUT2D eigenvalue weighted by Crippen LogP contribution is -2.43. The van der Waals surface area contributed by atoms with Gasteiger partial charge in [0.25, 0.3) is 0 Å². The smallest absolute Gasteiger partial charge is 0.319 e. The molecule has 0 radical (unpaired) electrons. The maximum Gasteiger partial charge on any atom is 0.319 e. The summed E-state index contributed by atoms with van der Waals surface area (Å²) in [6.45, 7) is -1.36. The van der Waals surface area contributed by atoms with Crippen LogP contribution in [0.1, 0.15) is 27.6 Å². The van der Waals surface area contributed by atoms with Crippen LogP contribution in [0, 0.1) is 35.7 Å². The molecule has 46 heavy (non-hydrogen) atoms. The summed E-state index contributed by atoms with van der Waals surface area (Å²) >= 11 is 0. The number of pyridine rings is 1. The summed E-state index contributed by atoms with van der Waals surface area (Å²) in [6.07, 6.45) is 5.20. The van der Waals surface area contributed by atoms with E-state index in [4.69, 9.17) is 24.4 Å². The van der Waals surface area contributed by atoms with Crippen molar-refractivity contribution in [3.05, 3.63) is 47.4 Å². The Bertz CT molecular complexity index is 2050. The summed E-state index contributed by atoms with van der Waals surface area (Å²) in [5.74, 6) is -1.81. The van der Waals surface area contributed by atoms with Crippen LogP contribution in [0.2, 0.25) is 0 Å². The van der Waals surface area contributed by atoms with E-state index in [-0.39, 0.29) is 77.2 Å². The first-order valence-electron chi connectivity index (χ1n) is 16.0. The number of nitrogens with two attached hydrogens (primary N) is 1. The number of fused-ring (bicyclic) bond motifs is 4. The Balaban J connectivity index is 1.33. The van der Waals surface area contributed by atoms with E-state index in [1.807, 2.05) is 0 Å². The minimum atomic E-state index is -2.50. The third-order valence-electron chi connectivity index (χ3n) is 9.58. The van der Waals surface area contributed by atoms with Crippen molar-refractivity contribution >= 4 is 33.2 Å². The normalized spacial score (nSPS) is 28.4. The topological polar surface area (TPSA) is 89.6 Å². The van der Waals surface area contributed by atoms with E-state index in [0.29, 0.717) is 19.4 Å². The van der Waals surface area contributed by atoms with Gasteiger partial charge in [-0.15, -0.1) is 6.42 Å². The maximum absolute atomic E-state index is 16.9. The summed E-state index contributed by atoms with van der Waals surface area (Å²) in [6, 6.07) is 2.40. The second kappa shape index (κ2) is 10.6. The molecule has 8 rings (SSSR count). The fourth-order valence-corrected chi connectivity index (χ4v) is 7.39. The molecule has 5 heterocycles. The molecule has 238 valence electrons. The van der Waals surface area contributed by atoms with Crippen molar-refractivity contribution < 1.29 is 34.2 Å². The predicted molar refractivity (Wildman–Crippen MR) is 161 cm³/mol. The largest absolute Gasteiger partial charge is 0.461 e. The van der Waals surface area contributed by atoms with Crippen LogP contribution in [-0.4, -0.2) is 83.2 Å². The van der Waals surface area contributed by atoms with Crippen molar-refractivity contribution in [1.82, 2.24) is 19.9 Å². The molecule has 4 aromatic rings. The van der Waals surface area contributed by atoms with Crippen molar-refractivity contribution in [2.45, 2.75) is 43.2 Å². The number of benzene rings is 2. The van der Waals surface area contributed by atoms with Crippen molar-refractivity contribution in [2.75, 3.05) is 50.0 Å². The monoisotopic (exact) mass is 638 g/mol. The Morgan fingerprint density at radius 1 is 1.17 bits per heavy atom. The molecule has 0 spiro atoms. The molecule has 2 aromatic heterocycles. The van der Waals surface area contributed by atoms with Gasteiger partial charge in [-0.05, 0) is 43.0 Å². The molecule has 3 saturated heterocycles. The van der Waals surface area contributed by atoms with Gasteiger partial charge in [-0.1, -0.05) is 5.92 Å². The zero-order valence-electron chi connectivity index (χ0n) is 26.4. The molecule has 0 amide bonds. The molecule has 4 fully saturated rings. The van der Waals surface area contributed by atoms with E-state index in [1.54, 1.807) is 9.80 Å². The van der Waals surface area contributed by atoms with Gasteiger partial charge in [0.05, 0.1) is 38.5 Å². The van der Waals surface area contributed by atoms with Gasteiger partial charge in [0.2, 0.25) is 0 Å². The van der Waals surface area contributed by atoms with Crippen LogP contribution in [0.4, 0.5) is 33.5 Å². The molecule has 1 aliphatic carbocycles. The number of halogens is 5. The molecule has 5 atom stereocenters. The second-order valence-corrected chi connectivity index (χ2v) is 12.3. The van der Waals surface area contributed by atoms with E-state index < -0.39 is 65.4 Å². The lowest BCUT2D eigenvalue weighted by molar-refractivity contribution is 0.107. The van der Waals surface area contributed by atoms with Crippen molar-refractivity contribution in [2.24, 2.45) is 5.92 Å². The second-order valence-electron chi connectivity index (χ2n) is 12.3. The van der Waals surface area contributed by atoms with Gasteiger partial charge in [0, 0.05) is 48.3 Å². The highest BCUT2D eigenvalue weighted by atomic mass is 19.2. The Labute approximate surface area is 263 Å². The number of rotatable bonds is 5. The lowest BCUT2D eigenvalue weighted by Gasteiger charge is -2.31. The van der Waals surface area contributed by atoms with Gasteiger partial charge < -0.3 is 20.1 Å². The average Bonchev–Trinajstić information content (AvgIpc) is 3.39. The SMILES string of the molecule is [2H]C([2H])(Oc1nc(N2CCOC[C@H]3[C@H](F)[C@H]32)c2cnc(-c3cc(N)cc4cc(F)c(F)c(C#C)c34)c(F)c2n1)[C@@]12CCCN1C[C@H](F)C2. The number of hydrogen-bond acceptors (Lipinski definition) is 8. The van der Waals surface area contributed by atoms with E-state index in [9.17, 15) is 17.6 Å². The lowest BCUT2D eigenvalue weighted by atomic mass is 9.95. The number of ether oxygens (including phenoxy) is 2. The summed E-state index contributed by atoms with van der Waals surface area (Å²) in [4.78, 5) is 16.5. The third-order valence-corrected chi connectivity index (χ3v) is 9.58. The molecule has 2 N–H and O–H groups in total. The highest BCUT2D eigenvalue weighted by Gasteiger charge is 2.56. The zero-order valence-corrected chi connectivity index (χ0v) is 24.4. The van der Waals surface area contributed by atoms with Gasteiger partial charge >= 0.3 is 6.01 Å². The van der Waals surface area contributed by atoms with Gasteiger partial charge in [-0.3, -0.25) is 9.88 Å². The molecule has 13 heteroatoms. The number of aromatic nitrogens is 3. The summed E-state index contributed by atoms with van der Waals surface area (Å²) in [5.41, 5.74) is 3.68. The first-order valence-corrected chi connectivity index (χ1v) is 15.0. The van der Waals surface area contributed by atoms with Crippen molar-refractivity contribution in [3.8, 4) is 29.6 Å². The van der Waals surface area contributed by atoms with E-state index >= 15 is 4.39 Å². The van der Waals surface area contributed by atoms with Crippen LogP contribution in [0.5, 0.6) is 6.01 Å². The Morgan fingerprint density at radius 2 is 2.02 bits per heavy atom. The summed E-state index contributed by atoms with van der Waals surface area (Å²) in [5, 5.41) is 0.170. The standard InChI is InChI=1S/C33H29F5N6O2/c1-2-19-24-16(9-23(35)25(19)36)8-18(39)10-20(24)28-27(38)29-21(12-40-28)31(44-6-7-45-14-22-26(37)30(22)44)42-32(41-29)46-15-33-4-3-5-43(33)13-17(34)11-33/h1,8-10,12,17,22,26,30H,3-7,11,13-15,39H2/t17-,22+,26+,30+,33+/m1/s1/i15D2. The Morgan fingerprint density at radius 3 is 2.85 bits per heavy atom. The molecular formula is C33H29F5N6O2. The van der Waals surface area contributed by atoms with Crippen LogP contribution < -0.4 is 15.4 Å². The van der Waals surface area contributed by atoms with E-state index in [0.717, 1.165) is 6.07 Å². The molecule has 1 saturated carbocycles. The van der Waals surface area contributed by atoms with E-state index in [2.05, 4.69) is 20.9 Å². The number of terminal acetylenes is 1. The van der Waals surface area contributed by atoms with E-state index in [1.165, 1.54) is 18.3 Å². The highest BCUT2D eigenvalue weighted by molar-refractivity contribution is 6.04. The molecule has 4 aliphatic rings. The van der Waals surface area contributed by atoms with Crippen LogP contribution in [0.15, 0.2) is 24.4 Å². The maximum atomic E-state index is 16.9. The minimum Gasteiger partial charge on any atom is -0.461 e. The van der Waals surface area contributed by atoms with Crippen LogP contribution in [0.25, 0.3) is 32.9 Å². The van der Waals surface area contributed by atoms with Crippen LogP contribution in [0.3, 0.4) is 0 Å². The fourth-order valence-electron chi connectivity index (χ4n) is 7.39. The molecular weight excluding hydrogens is 607 g/mol. The molecule has 0 bridgehead atoms. The molecule has 2 aromatic carbocycles. The number of nitrogens with zero attached hydrogens (tertiary/aromatic N) is 5. The number of alkyl halides is 2. The minimum absolute atomic E-state index is 0.00775. The Hall–Kier alpha value is -4.28. The van der Waals surface area contributed by atoms with Gasteiger partial charge in [-0.25, -0.2) is 22.0 Å². The highest BCUT2D eigenvalue weighted by Crippen LogP contribution is 2.46. The zero-order chi connectivity index (χ0) is 33.7. The first-order chi connectivity index (χ1) is 22.9. The molecule has 3 aliphatic heterocycles. The summed E-state index contributed by atoms with van der Waals surface area (Å²) in [7, 11) is 0. The fraction of sp³-hybridized carbons (Fsp3) is 0.424. The Kier molecular flexibility index (Phi) is 6.22. The van der Waals surface area contributed by atoms with Gasteiger partial charge in [0.1, 0.15) is 35.9 Å². The van der Waals surface area contributed by atoms with Gasteiger partial charge in [-0.2, -0.15) is 9.97 Å². The van der Waals surface area contributed by atoms with Crippen LogP contribution >= 0.6 is 0 Å². The first kappa shape index (κ1) is 26.9. The quantitative estimate of drug-likeness (QED) is 0.187. The van der Waals surface area contributed by atoms with Gasteiger partial charge in [0.15, 0.2) is 17.5 Å². The number of nitrogen functional groups attached to an aromatic ring is 1. The van der Waals surface area contributed by atoms with Crippen LogP contribution in [-0.2, 0) is 4.74 Å². The molecule has 8 nitrogen and oxygen atoms in total. The third kappa shape index (κ3) is 4.45. The van der Waals surface area contributed by atoms with Crippen molar-refractivity contribution in [1.29, 1.82) is 0 Å². The summed E-state index contributed by atoms with van der Waals surface area (Å²) < 4.78 is 105.